The van der Waals surface area contributed by atoms with E-state index in [1.54, 1.807) is 0 Å². The molecule has 1 aliphatic rings. The summed E-state index contributed by atoms with van der Waals surface area (Å²) in [7, 11) is 0. The Balaban J connectivity index is 2.08. The molecule has 0 aliphatic carbocycles. The minimum absolute atomic E-state index is 0.0632. The van der Waals surface area contributed by atoms with E-state index in [2.05, 4.69) is 15.0 Å². The fraction of sp³-hybridized carbons (Fsp3) is 0.500. The number of nitrogens with one attached hydrogen (secondary N) is 1. The normalized spacial score (nSPS) is 27.2. The number of ether oxygens (including phenoxy) is 1. The Bertz CT molecular complexity index is 669. The van der Waals surface area contributed by atoms with Crippen LogP contribution >= 0.6 is 0 Å². The van der Waals surface area contributed by atoms with Crippen LogP contribution in [0, 0.1) is 6.08 Å². The van der Waals surface area contributed by atoms with Gasteiger partial charge in [0.25, 0.3) is 0 Å². The van der Waals surface area contributed by atoms with Gasteiger partial charge in [0.05, 0.1) is 18.9 Å². The summed E-state index contributed by atoms with van der Waals surface area (Å²) in [5.41, 5.74) is -0.198. The number of halogens is 1. The monoisotopic (exact) mass is 270 g/mol. The van der Waals surface area contributed by atoms with Gasteiger partial charge in [-0.25, -0.2) is 14.3 Å². The highest BCUT2D eigenvalue weighted by molar-refractivity contribution is 5.69. The van der Waals surface area contributed by atoms with E-state index in [1.807, 2.05) is 0 Å². The summed E-state index contributed by atoms with van der Waals surface area (Å²) in [4.78, 5) is 21.2. The lowest BCUT2D eigenvalue weighted by Gasteiger charge is -2.12. The second-order valence-corrected chi connectivity index (χ2v) is 4.29. The number of aliphatic hydroxyl groups is 2. The van der Waals surface area contributed by atoms with Gasteiger partial charge in [0.15, 0.2) is 5.65 Å². The van der Waals surface area contributed by atoms with E-state index in [0.29, 0.717) is 0 Å². The average molecular weight is 270 g/mol. The molecule has 0 unspecified atom stereocenters. The fourth-order valence-corrected chi connectivity index (χ4v) is 2.20. The zero-order chi connectivity index (χ0) is 13.6. The number of imidazole rings is 1. The van der Waals surface area contributed by atoms with Crippen LogP contribution in [0.1, 0.15) is 12.6 Å². The van der Waals surface area contributed by atoms with Gasteiger partial charge in [0.1, 0.15) is 17.8 Å². The minimum Gasteiger partial charge on any atom is -0.394 e. The van der Waals surface area contributed by atoms with Crippen molar-refractivity contribution in [1.29, 1.82) is 0 Å². The van der Waals surface area contributed by atoms with Gasteiger partial charge >= 0.3 is 11.8 Å². The summed E-state index contributed by atoms with van der Waals surface area (Å²) in [6, 6.07) is 0. The van der Waals surface area contributed by atoms with Gasteiger partial charge in [-0.15, -0.1) is 0 Å². The first-order valence-electron chi connectivity index (χ1n) is 5.67. The van der Waals surface area contributed by atoms with Crippen LogP contribution in [0.2, 0.25) is 0 Å². The molecular formula is C10H11FN4O4. The third-order valence-electron chi connectivity index (χ3n) is 3.10. The van der Waals surface area contributed by atoms with Crippen LogP contribution in [0.3, 0.4) is 0 Å². The van der Waals surface area contributed by atoms with Gasteiger partial charge < -0.3 is 19.9 Å². The molecule has 2 aromatic rings. The van der Waals surface area contributed by atoms with E-state index in [-0.39, 0.29) is 24.2 Å². The van der Waals surface area contributed by atoms with Gasteiger partial charge in [-0.1, -0.05) is 0 Å². The van der Waals surface area contributed by atoms with Crippen LogP contribution in [0.4, 0.5) is 4.39 Å². The predicted molar refractivity (Wildman–Crippen MR) is 59.7 cm³/mol. The number of aromatic amines is 1. The molecule has 8 nitrogen and oxygen atoms in total. The third kappa shape index (κ3) is 1.91. The number of aliphatic hydroxyl groups excluding tert-OH is 2. The van der Waals surface area contributed by atoms with E-state index in [9.17, 15) is 14.3 Å². The molecule has 102 valence electrons. The SMILES string of the molecule is O=c1[nH]c2cnc(F)nc2n1[C@H]1C[C@@H](O)[C@H](CO)O1. The molecule has 0 saturated carbocycles. The van der Waals surface area contributed by atoms with Crippen LogP contribution in [-0.2, 0) is 4.74 Å². The second kappa shape index (κ2) is 4.37. The Kier molecular flexibility index (Phi) is 2.81. The standard InChI is InChI=1S/C10H11FN4O4/c11-9-12-2-4-8(14-9)15(10(18)13-4)7-1-5(17)6(3-16)19-7/h2,5-7,16-17H,1,3H2,(H,13,18)/t5-,6+,7-/m1/s1. The zero-order valence-corrected chi connectivity index (χ0v) is 9.65. The van der Waals surface area contributed by atoms with E-state index < -0.39 is 30.2 Å². The lowest BCUT2D eigenvalue weighted by Crippen LogP contribution is -2.25. The summed E-state index contributed by atoms with van der Waals surface area (Å²) in [5.74, 6) is 0. The Morgan fingerprint density at radius 1 is 1.63 bits per heavy atom. The molecule has 1 fully saturated rings. The second-order valence-electron chi connectivity index (χ2n) is 4.29. The first-order valence-corrected chi connectivity index (χ1v) is 5.67. The highest BCUT2D eigenvalue weighted by Gasteiger charge is 2.36. The maximum atomic E-state index is 13.1. The van der Waals surface area contributed by atoms with E-state index >= 15 is 0 Å². The van der Waals surface area contributed by atoms with Gasteiger partial charge in [-0.05, 0) is 0 Å². The van der Waals surface area contributed by atoms with Crippen molar-refractivity contribution in [2.24, 2.45) is 0 Å². The predicted octanol–water partition coefficient (Wildman–Crippen LogP) is -1.10. The number of aromatic nitrogens is 4. The van der Waals surface area contributed by atoms with Crippen LogP contribution < -0.4 is 5.69 Å². The van der Waals surface area contributed by atoms with Crippen molar-refractivity contribution in [3.8, 4) is 0 Å². The molecule has 2 aromatic heterocycles. The van der Waals surface area contributed by atoms with Crippen LogP contribution in [-0.4, -0.2) is 48.5 Å². The lowest BCUT2D eigenvalue weighted by molar-refractivity contribution is -0.0441. The molecule has 9 heteroatoms. The summed E-state index contributed by atoms with van der Waals surface area (Å²) in [5, 5.41) is 18.7. The minimum atomic E-state index is -0.961. The van der Waals surface area contributed by atoms with E-state index in [4.69, 9.17) is 9.84 Å². The van der Waals surface area contributed by atoms with Gasteiger partial charge in [-0.3, -0.25) is 0 Å². The van der Waals surface area contributed by atoms with Crippen molar-refractivity contribution in [1.82, 2.24) is 19.5 Å². The number of hydrogen-bond acceptors (Lipinski definition) is 6. The number of hydrogen-bond donors (Lipinski definition) is 3. The third-order valence-corrected chi connectivity index (χ3v) is 3.10. The molecule has 0 bridgehead atoms. The van der Waals surface area contributed by atoms with Crippen LogP contribution in [0.15, 0.2) is 11.0 Å². The number of H-pyrrole nitrogens is 1. The molecule has 1 aliphatic heterocycles. The summed E-state index contributed by atoms with van der Waals surface area (Å²) >= 11 is 0. The zero-order valence-electron chi connectivity index (χ0n) is 9.65. The molecule has 3 N–H and O–H groups in total. The van der Waals surface area contributed by atoms with Crippen molar-refractivity contribution in [3.05, 3.63) is 22.8 Å². The molecule has 3 heterocycles. The maximum Gasteiger partial charge on any atom is 0.329 e. The van der Waals surface area contributed by atoms with Crippen molar-refractivity contribution >= 4 is 11.2 Å². The quantitative estimate of drug-likeness (QED) is 0.597. The Hall–Kier alpha value is -1.84. The highest BCUT2D eigenvalue weighted by Crippen LogP contribution is 2.29. The first-order chi connectivity index (χ1) is 9.10. The summed E-state index contributed by atoms with van der Waals surface area (Å²) in [6.07, 6.45) is -2.15. The topological polar surface area (TPSA) is 113 Å². The van der Waals surface area contributed by atoms with Crippen LogP contribution in [0.25, 0.3) is 11.2 Å². The number of rotatable bonds is 2. The molecule has 1 saturated heterocycles. The smallest absolute Gasteiger partial charge is 0.329 e. The van der Waals surface area contributed by atoms with Crippen molar-refractivity contribution in [2.75, 3.05) is 6.61 Å². The molecule has 0 spiro atoms. The molecule has 19 heavy (non-hydrogen) atoms. The molecule has 0 amide bonds. The van der Waals surface area contributed by atoms with E-state index in [0.717, 1.165) is 10.8 Å². The maximum absolute atomic E-state index is 13.1. The van der Waals surface area contributed by atoms with E-state index in [1.165, 1.54) is 0 Å². The fourth-order valence-electron chi connectivity index (χ4n) is 2.20. The highest BCUT2D eigenvalue weighted by atomic mass is 19.1. The largest absolute Gasteiger partial charge is 0.394 e. The Morgan fingerprint density at radius 2 is 2.42 bits per heavy atom. The lowest BCUT2D eigenvalue weighted by atomic mass is 10.2. The van der Waals surface area contributed by atoms with Gasteiger partial charge in [0.2, 0.25) is 0 Å². The number of nitrogens with zero attached hydrogens (tertiary/aromatic N) is 3. The average Bonchev–Trinajstić information content (AvgIpc) is 2.88. The Labute approximate surface area is 105 Å². The summed E-state index contributed by atoms with van der Waals surface area (Å²) < 4.78 is 19.5. The molecule has 3 atom stereocenters. The van der Waals surface area contributed by atoms with Gasteiger partial charge in [-0.2, -0.15) is 9.37 Å². The molecule has 0 radical (unpaired) electrons. The Morgan fingerprint density at radius 3 is 3.11 bits per heavy atom. The molecular weight excluding hydrogens is 259 g/mol. The first kappa shape index (κ1) is 12.2. The van der Waals surface area contributed by atoms with Crippen LogP contribution in [0.5, 0.6) is 0 Å². The molecule has 0 aromatic carbocycles. The van der Waals surface area contributed by atoms with Crippen molar-refractivity contribution in [2.45, 2.75) is 24.9 Å². The van der Waals surface area contributed by atoms with Crippen molar-refractivity contribution < 1.29 is 19.3 Å². The summed E-state index contributed by atoms with van der Waals surface area (Å²) in [6.45, 7) is -0.363. The molecule has 3 rings (SSSR count). The van der Waals surface area contributed by atoms with Gasteiger partial charge in [0, 0.05) is 6.42 Å². The van der Waals surface area contributed by atoms with Crippen molar-refractivity contribution in [3.63, 3.8) is 0 Å². The number of fused-ring (bicyclic) bond motifs is 1.